The van der Waals surface area contributed by atoms with E-state index in [0.29, 0.717) is 12.3 Å². The number of carboxylic acids is 1. The van der Waals surface area contributed by atoms with Crippen molar-refractivity contribution < 1.29 is 14.3 Å². The highest BCUT2D eigenvalue weighted by Crippen LogP contribution is 2.25. The molecule has 0 aliphatic rings. The number of benzene rings is 1. The normalized spacial score (nSPS) is 11.0. The van der Waals surface area contributed by atoms with E-state index < -0.39 is 5.97 Å². The van der Waals surface area contributed by atoms with E-state index in [1.807, 2.05) is 41.0 Å². The summed E-state index contributed by atoms with van der Waals surface area (Å²) in [7, 11) is 0. The van der Waals surface area contributed by atoms with Crippen LogP contribution >= 0.6 is 0 Å². The average molecular weight is 319 g/mol. The monoisotopic (exact) mass is 319 g/mol. The van der Waals surface area contributed by atoms with Gasteiger partial charge in [0.15, 0.2) is 0 Å². The second kappa shape index (κ2) is 5.66. The van der Waals surface area contributed by atoms with E-state index in [-0.39, 0.29) is 5.76 Å². The SMILES string of the molecule is O=C(O)c1ccc(Cn2c(-c3ccncc3)nc3ccccc32)o1. The van der Waals surface area contributed by atoms with Crippen molar-refractivity contribution in [1.29, 1.82) is 0 Å². The van der Waals surface area contributed by atoms with Gasteiger partial charge in [-0.05, 0) is 36.4 Å². The van der Waals surface area contributed by atoms with Crippen LogP contribution in [0, 0.1) is 0 Å². The first-order valence-corrected chi connectivity index (χ1v) is 7.40. The number of aromatic carboxylic acids is 1. The Morgan fingerprint density at radius 1 is 1.08 bits per heavy atom. The lowest BCUT2D eigenvalue weighted by molar-refractivity contribution is 0.0660. The highest BCUT2D eigenvalue weighted by Gasteiger charge is 2.15. The van der Waals surface area contributed by atoms with Gasteiger partial charge >= 0.3 is 5.97 Å². The summed E-state index contributed by atoms with van der Waals surface area (Å²) in [5.74, 6) is 0.198. The maximum Gasteiger partial charge on any atom is 0.371 e. The highest BCUT2D eigenvalue weighted by atomic mass is 16.4. The maximum atomic E-state index is 11.0. The number of hydrogen-bond donors (Lipinski definition) is 1. The van der Waals surface area contributed by atoms with E-state index in [0.717, 1.165) is 22.4 Å². The maximum absolute atomic E-state index is 11.0. The number of carbonyl (C=O) groups is 1. The molecule has 0 aliphatic heterocycles. The molecule has 0 saturated heterocycles. The van der Waals surface area contributed by atoms with Crippen molar-refractivity contribution in [3.05, 3.63) is 72.4 Å². The molecule has 1 aromatic carbocycles. The van der Waals surface area contributed by atoms with Gasteiger partial charge in [0.1, 0.15) is 11.6 Å². The fourth-order valence-electron chi connectivity index (χ4n) is 2.69. The Morgan fingerprint density at radius 2 is 1.88 bits per heavy atom. The van der Waals surface area contributed by atoms with Crippen molar-refractivity contribution in [3.8, 4) is 11.4 Å². The van der Waals surface area contributed by atoms with Crippen molar-refractivity contribution in [1.82, 2.24) is 14.5 Å². The van der Waals surface area contributed by atoms with Crippen LogP contribution in [-0.4, -0.2) is 25.6 Å². The predicted molar refractivity (Wildman–Crippen MR) is 87.7 cm³/mol. The molecule has 0 saturated carbocycles. The van der Waals surface area contributed by atoms with Gasteiger partial charge in [0.2, 0.25) is 5.76 Å². The minimum absolute atomic E-state index is 0.0696. The molecule has 4 aromatic rings. The van der Waals surface area contributed by atoms with Crippen LogP contribution in [-0.2, 0) is 6.54 Å². The first-order chi connectivity index (χ1) is 11.7. The molecular weight excluding hydrogens is 306 g/mol. The van der Waals surface area contributed by atoms with E-state index >= 15 is 0 Å². The molecule has 0 spiro atoms. The third kappa shape index (κ3) is 2.44. The summed E-state index contributed by atoms with van der Waals surface area (Å²) < 4.78 is 7.41. The van der Waals surface area contributed by atoms with Crippen molar-refractivity contribution in [2.24, 2.45) is 0 Å². The van der Waals surface area contributed by atoms with Gasteiger partial charge < -0.3 is 14.1 Å². The third-order valence-corrected chi connectivity index (χ3v) is 3.78. The van der Waals surface area contributed by atoms with E-state index in [1.165, 1.54) is 6.07 Å². The van der Waals surface area contributed by atoms with Gasteiger partial charge in [0.05, 0.1) is 17.6 Å². The molecule has 0 aliphatic carbocycles. The first kappa shape index (κ1) is 14.2. The second-order valence-corrected chi connectivity index (χ2v) is 5.32. The summed E-state index contributed by atoms with van der Waals surface area (Å²) in [4.78, 5) is 19.7. The standard InChI is InChI=1S/C18H13N3O3/c22-18(23)16-6-5-13(24-16)11-21-15-4-2-1-3-14(15)20-17(21)12-7-9-19-10-8-12/h1-10H,11H2,(H,22,23). The van der Waals surface area contributed by atoms with Gasteiger partial charge in [0, 0.05) is 18.0 Å². The van der Waals surface area contributed by atoms with Crippen molar-refractivity contribution in [2.45, 2.75) is 6.54 Å². The van der Waals surface area contributed by atoms with E-state index in [4.69, 9.17) is 14.5 Å². The van der Waals surface area contributed by atoms with E-state index in [1.54, 1.807) is 18.5 Å². The molecule has 0 atom stereocenters. The fraction of sp³-hybridized carbons (Fsp3) is 0.0556. The number of aromatic nitrogens is 3. The van der Waals surface area contributed by atoms with Crippen LogP contribution in [0.2, 0.25) is 0 Å². The Bertz CT molecular complexity index is 1020. The molecule has 6 nitrogen and oxygen atoms in total. The predicted octanol–water partition coefficient (Wildman–Crippen LogP) is 3.44. The lowest BCUT2D eigenvalue weighted by Gasteiger charge is -2.07. The average Bonchev–Trinajstić information content (AvgIpc) is 3.22. The number of hydrogen-bond acceptors (Lipinski definition) is 4. The summed E-state index contributed by atoms with van der Waals surface area (Å²) >= 11 is 0. The number of carboxylic acid groups (broad SMARTS) is 1. The van der Waals surface area contributed by atoms with Crippen LogP contribution in [0.1, 0.15) is 16.3 Å². The second-order valence-electron chi connectivity index (χ2n) is 5.32. The van der Waals surface area contributed by atoms with Gasteiger partial charge in [0.25, 0.3) is 0 Å². The van der Waals surface area contributed by atoms with Gasteiger partial charge in [-0.1, -0.05) is 12.1 Å². The number of nitrogens with zero attached hydrogens (tertiary/aromatic N) is 3. The molecule has 0 bridgehead atoms. The molecule has 0 fully saturated rings. The molecule has 1 N–H and O–H groups in total. The van der Waals surface area contributed by atoms with Gasteiger partial charge in [-0.2, -0.15) is 0 Å². The zero-order chi connectivity index (χ0) is 16.5. The van der Waals surface area contributed by atoms with Crippen LogP contribution in [0.4, 0.5) is 0 Å². The number of fused-ring (bicyclic) bond motifs is 1. The Hall–Kier alpha value is -3.41. The zero-order valence-electron chi connectivity index (χ0n) is 12.6. The number of pyridine rings is 1. The minimum atomic E-state index is -1.08. The van der Waals surface area contributed by atoms with Crippen LogP contribution in [0.5, 0.6) is 0 Å². The Kier molecular flexibility index (Phi) is 3.35. The Labute approximate surface area is 137 Å². The van der Waals surface area contributed by atoms with Gasteiger partial charge in [-0.15, -0.1) is 0 Å². The van der Waals surface area contributed by atoms with Gasteiger partial charge in [-0.3, -0.25) is 4.98 Å². The molecule has 24 heavy (non-hydrogen) atoms. The number of furan rings is 1. The van der Waals surface area contributed by atoms with Crippen LogP contribution in [0.3, 0.4) is 0 Å². The van der Waals surface area contributed by atoms with Crippen LogP contribution in [0.25, 0.3) is 22.4 Å². The molecule has 4 rings (SSSR count). The molecule has 3 heterocycles. The van der Waals surface area contributed by atoms with Gasteiger partial charge in [-0.25, -0.2) is 9.78 Å². The molecule has 0 unspecified atom stereocenters. The number of rotatable bonds is 4. The van der Waals surface area contributed by atoms with Crippen molar-refractivity contribution in [2.75, 3.05) is 0 Å². The lowest BCUT2D eigenvalue weighted by Crippen LogP contribution is -2.01. The summed E-state index contributed by atoms with van der Waals surface area (Å²) in [6, 6.07) is 14.7. The summed E-state index contributed by atoms with van der Waals surface area (Å²) in [5, 5.41) is 9.01. The van der Waals surface area contributed by atoms with E-state index in [9.17, 15) is 4.79 Å². The van der Waals surface area contributed by atoms with Crippen LogP contribution < -0.4 is 0 Å². The topological polar surface area (TPSA) is 81.1 Å². The highest BCUT2D eigenvalue weighted by molar-refractivity contribution is 5.84. The Balaban J connectivity index is 1.84. The molecule has 0 amide bonds. The van der Waals surface area contributed by atoms with E-state index in [2.05, 4.69) is 4.98 Å². The van der Waals surface area contributed by atoms with Crippen molar-refractivity contribution in [3.63, 3.8) is 0 Å². The largest absolute Gasteiger partial charge is 0.475 e. The summed E-state index contributed by atoms with van der Waals surface area (Å²) in [5.41, 5.74) is 2.76. The summed E-state index contributed by atoms with van der Waals surface area (Å²) in [6.45, 7) is 0.394. The summed E-state index contributed by atoms with van der Waals surface area (Å²) in [6.07, 6.45) is 3.43. The molecule has 3 aromatic heterocycles. The van der Waals surface area contributed by atoms with Crippen molar-refractivity contribution >= 4 is 17.0 Å². The number of imidazole rings is 1. The minimum Gasteiger partial charge on any atom is -0.475 e. The third-order valence-electron chi connectivity index (χ3n) is 3.78. The smallest absolute Gasteiger partial charge is 0.371 e. The molecule has 0 radical (unpaired) electrons. The molecule has 118 valence electrons. The fourth-order valence-corrected chi connectivity index (χ4v) is 2.69. The molecule has 6 heteroatoms. The first-order valence-electron chi connectivity index (χ1n) is 7.40. The quantitative estimate of drug-likeness (QED) is 0.623. The number of para-hydroxylation sites is 2. The Morgan fingerprint density at radius 3 is 2.62 bits per heavy atom. The zero-order valence-corrected chi connectivity index (χ0v) is 12.6. The lowest BCUT2D eigenvalue weighted by atomic mass is 10.2. The molecular formula is C18H13N3O3. The van der Waals surface area contributed by atoms with Crippen LogP contribution in [0.15, 0.2) is 65.3 Å².